The van der Waals surface area contributed by atoms with Crippen LogP contribution in [0.5, 0.6) is 0 Å². The predicted octanol–water partition coefficient (Wildman–Crippen LogP) is 4.34. The third kappa shape index (κ3) is 7.13. The van der Waals surface area contributed by atoms with Crippen LogP contribution in [0.4, 0.5) is 4.79 Å². The molecule has 35 heavy (non-hydrogen) atoms. The van der Waals surface area contributed by atoms with Gasteiger partial charge in [0, 0.05) is 24.4 Å². The summed E-state index contributed by atoms with van der Waals surface area (Å²) in [5.74, 6) is -0.179. The van der Waals surface area contributed by atoms with Crippen molar-refractivity contribution in [2.75, 3.05) is 13.2 Å². The van der Waals surface area contributed by atoms with E-state index in [-0.39, 0.29) is 24.2 Å². The van der Waals surface area contributed by atoms with E-state index in [1.165, 1.54) is 0 Å². The topological polar surface area (TPSA) is 97.8 Å². The third-order valence-electron chi connectivity index (χ3n) is 6.64. The number of halogens is 1. The average molecular weight is 550 g/mol. The Labute approximate surface area is 216 Å². The first-order valence-corrected chi connectivity index (χ1v) is 12.9. The Hall–Kier alpha value is -2.26. The Kier molecular flexibility index (Phi) is 8.75. The summed E-state index contributed by atoms with van der Waals surface area (Å²) in [5, 5.41) is 3.01. The SMILES string of the molecule is C[C@H]1N(C(=O)OC(C)(C)C)[C@H]2C[C@]1(C)CNC(=O)CCC=CCOCc1ccc(Br)nc1CC2=O. The first-order valence-electron chi connectivity index (χ1n) is 12.1. The molecule has 2 aliphatic heterocycles. The van der Waals surface area contributed by atoms with Gasteiger partial charge in [-0.1, -0.05) is 25.1 Å². The molecule has 1 saturated heterocycles. The molecule has 8 nitrogen and oxygen atoms in total. The fraction of sp³-hybridized carbons (Fsp3) is 0.615. The van der Waals surface area contributed by atoms with Gasteiger partial charge in [-0.15, -0.1) is 0 Å². The van der Waals surface area contributed by atoms with E-state index in [1.807, 2.05) is 38.1 Å². The molecule has 192 valence electrons. The van der Waals surface area contributed by atoms with Crippen LogP contribution in [0.2, 0.25) is 0 Å². The summed E-state index contributed by atoms with van der Waals surface area (Å²) in [5.41, 5.74) is 0.257. The van der Waals surface area contributed by atoms with E-state index in [0.29, 0.717) is 49.3 Å². The molecule has 0 spiro atoms. The van der Waals surface area contributed by atoms with Crippen LogP contribution in [0, 0.1) is 5.41 Å². The van der Waals surface area contributed by atoms with Crippen LogP contribution in [0.15, 0.2) is 28.9 Å². The molecule has 3 heterocycles. The van der Waals surface area contributed by atoms with Gasteiger partial charge >= 0.3 is 6.09 Å². The van der Waals surface area contributed by atoms with Crippen molar-refractivity contribution >= 4 is 33.7 Å². The Morgan fingerprint density at radius 3 is 2.74 bits per heavy atom. The number of pyridine rings is 1. The maximum atomic E-state index is 13.7. The number of ether oxygens (including phenoxy) is 2. The smallest absolute Gasteiger partial charge is 0.411 e. The molecule has 1 fully saturated rings. The molecule has 0 saturated carbocycles. The molecule has 9 heteroatoms. The van der Waals surface area contributed by atoms with Crippen LogP contribution < -0.4 is 5.32 Å². The standard InChI is InChI=1S/C26H36BrN3O5/c1-17-26(5)14-20(30(17)24(33)35-25(2,3)4)21(31)13-19-18(10-11-22(27)29-19)15-34-12-8-6-7-9-23(32)28-16-26/h6,8,10-11,17,20H,7,9,12-16H2,1-5H3,(H,28,32)/t17-,20+,26-/m1/s1. The van der Waals surface area contributed by atoms with Crippen molar-refractivity contribution < 1.29 is 23.9 Å². The highest BCUT2D eigenvalue weighted by molar-refractivity contribution is 9.10. The van der Waals surface area contributed by atoms with Crippen molar-refractivity contribution in [2.24, 2.45) is 5.41 Å². The minimum atomic E-state index is -0.699. The van der Waals surface area contributed by atoms with E-state index in [9.17, 15) is 14.4 Å². The van der Waals surface area contributed by atoms with Crippen molar-refractivity contribution in [1.29, 1.82) is 0 Å². The van der Waals surface area contributed by atoms with Crippen molar-refractivity contribution in [3.8, 4) is 0 Å². The molecule has 2 amide bonds. The van der Waals surface area contributed by atoms with E-state index in [1.54, 1.807) is 25.7 Å². The molecular formula is C26H36BrN3O5. The number of nitrogens with one attached hydrogen (secondary N) is 1. The number of allylic oxidation sites excluding steroid dienone is 1. The third-order valence-corrected chi connectivity index (χ3v) is 7.08. The van der Waals surface area contributed by atoms with Gasteiger partial charge in [-0.25, -0.2) is 9.78 Å². The highest BCUT2D eigenvalue weighted by Gasteiger charge is 2.52. The van der Waals surface area contributed by atoms with Crippen LogP contribution in [0.3, 0.4) is 0 Å². The summed E-state index contributed by atoms with van der Waals surface area (Å²) >= 11 is 3.40. The maximum absolute atomic E-state index is 13.7. The number of aromatic nitrogens is 1. The highest BCUT2D eigenvalue weighted by atomic mass is 79.9. The molecule has 1 aromatic heterocycles. The Morgan fingerprint density at radius 2 is 2.03 bits per heavy atom. The number of likely N-dealkylation sites (tertiary alicyclic amines) is 1. The van der Waals surface area contributed by atoms with Crippen molar-refractivity contribution in [3.63, 3.8) is 0 Å². The number of ketones is 1. The number of fused-ring (bicyclic) bond motifs is 3. The molecule has 0 radical (unpaired) electrons. The van der Waals surface area contributed by atoms with E-state index < -0.39 is 23.2 Å². The molecule has 2 bridgehead atoms. The van der Waals surface area contributed by atoms with Gasteiger partial charge in [0.25, 0.3) is 0 Å². The first kappa shape index (κ1) is 27.3. The second kappa shape index (κ2) is 11.2. The number of carbonyl (C=O) groups is 3. The monoisotopic (exact) mass is 549 g/mol. The number of rotatable bonds is 0. The van der Waals surface area contributed by atoms with Crippen molar-refractivity contribution in [2.45, 2.75) is 84.6 Å². The summed E-state index contributed by atoms with van der Waals surface area (Å²) in [7, 11) is 0. The predicted molar refractivity (Wildman–Crippen MR) is 136 cm³/mol. The van der Waals surface area contributed by atoms with Gasteiger partial charge in [0.1, 0.15) is 10.2 Å². The van der Waals surface area contributed by atoms with Crippen molar-refractivity contribution in [1.82, 2.24) is 15.2 Å². The van der Waals surface area contributed by atoms with Gasteiger partial charge in [-0.3, -0.25) is 14.5 Å². The second-order valence-corrected chi connectivity index (χ2v) is 11.4. The number of hydrogen-bond donors (Lipinski definition) is 1. The lowest BCUT2D eigenvalue weighted by Gasteiger charge is -2.34. The summed E-state index contributed by atoms with van der Waals surface area (Å²) in [6.45, 7) is 10.4. The minimum Gasteiger partial charge on any atom is -0.444 e. The van der Waals surface area contributed by atoms with Gasteiger partial charge in [-0.2, -0.15) is 0 Å². The lowest BCUT2D eigenvalue weighted by molar-refractivity contribution is -0.123. The molecule has 0 aliphatic carbocycles. The largest absolute Gasteiger partial charge is 0.444 e. The van der Waals surface area contributed by atoms with E-state index in [0.717, 1.165) is 5.56 Å². The summed E-state index contributed by atoms with van der Waals surface area (Å²) in [6, 6.07) is 2.72. The molecule has 2 aliphatic rings. The molecular weight excluding hydrogens is 514 g/mol. The zero-order valence-electron chi connectivity index (χ0n) is 21.2. The van der Waals surface area contributed by atoms with Crippen LogP contribution >= 0.6 is 15.9 Å². The Morgan fingerprint density at radius 1 is 1.29 bits per heavy atom. The molecule has 3 rings (SSSR count). The number of nitrogens with zero attached hydrogens (tertiary/aromatic N) is 2. The normalized spacial score (nSPS) is 26.6. The minimum absolute atomic E-state index is 0.0617. The zero-order valence-corrected chi connectivity index (χ0v) is 22.8. The number of amides is 2. The zero-order chi connectivity index (χ0) is 25.8. The van der Waals surface area contributed by atoms with E-state index in [4.69, 9.17) is 9.47 Å². The van der Waals surface area contributed by atoms with Gasteiger partial charge in [0.05, 0.1) is 31.4 Å². The van der Waals surface area contributed by atoms with Crippen LogP contribution in [-0.4, -0.2) is 58.5 Å². The van der Waals surface area contributed by atoms with Gasteiger partial charge in [0.15, 0.2) is 5.78 Å². The molecule has 0 unspecified atom stereocenters. The summed E-state index contributed by atoms with van der Waals surface area (Å²) in [6.07, 6.45) is 4.76. The molecule has 0 aromatic carbocycles. The van der Waals surface area contributed by atoms with E-state index in [2.05, 4.69) is 26.2 Å². The van der Waals surface area contributed by atoms with Crippen LogP contribution in [-0.2, 0) is 32.1 Å². The maximum Gasteiger partial charge on any atom is 0.411 e. The summed E-state index contributed by atoms with van der Waals surface area (Å²) in [4.78, 5) is 45.5. The van der Waals surface area contributed by atoms with Crippen LogP contribution in [0.1, 0.15) is 65.1 Å². The van der Waals surface area contributed by atoms with E-state index >= 15 is 0 Å². The fourth-order valence-corrected chi connectivity index (χ4v) is 4.85. The lowest BCUT2D eigenvalue weighted by Crippen LogP contribution is -2.49. The van der Waals surface area contributed by atoms with Crippen molar-refractivity contribution in [3.05, 3.63) is 40.1 Å². The van der Waals surface area contributed by atoms with Gasteiger partial charge < -0.3 is 14.8 Å². The number of carbonyl (C=O) groups excluding carboxylic acids is 3. The number of Topliss-reactive ketones (excluding diaryl/α,β-unsaturated/α-hetero) is 1. The highest BCUT2D eigenvalue weighted by Crippen LogP contribution is 2.41. The number of hydrogen-bond acceptors (Lipinski definition) is 6. The van der Waals surface area contributed by atoms with Crippen LogP contribution in [0.25, 0.3) is 0 Å². The Bertz CT molecular complexity index is 990. The summed E-state index contributed by atoms with van der Waals surface area (Å²) < 4.78 is 12.1. The van der Waals surface area contributed by atoms with Gasteiger partial charge in [-0.05, 0) is 68.1 Å². The fourth-order valence-electron chi connectivity index (χ4n) is 4.50. The quantitative estimate of drug-likeness (QED) is 0.381. The second-order valence-electron chi connectivity index (χ2n) is 10.6. The average Bonchev–Trinajstić information content (AvgIpc) is 3.02. The van der Waals surface area contributed by atoms with Gasteiger partial charge in [0.2, 0.25) is 5.91 Å². The molecule has 3 atom stereocenters. The molecule has 1 N–H and O–H groups in total. The Balaban J connectivity index is 1.96. The lowest BCUT2D eigenvalue weighted by atomic mass is 9.81. The first-order chi connectivity index (χ1) is 16.4. The molecule has 1 aromatic rings.